The van der Waals surface area contributed by atoms with E-state index in [1.807, 2.05) is 0 Å². The third-order valence-electron chi connectivity index (χ3n) is 1.91. The number of pyridine rings is 1. The van der Waals surface area contributed by atoms with Gasteiger partial charge in [-0.3, -0.25) is 9.78 Å². The Bertz CT molecular complexity index is 407. The SMILES string of the molecule is CC(C)(C#N)c1cc(C(=O)Cl)ccn1. The maximum Gasteiger partial charge on any atom is 0.252 e. The quantitative estimate of drug-likeness (QED) is 0.701. The molecule has 0 aliphatic carbocycles. The van der Waals surface area contributed by atoms with E-state index in [-0.39, 0.29) is 0 Å². The Morgan fingerprint density at radius 3 is 2.79 bits per heavy atom. The molecule has 0 amide bonds. The average Bonchev–Trinajstić information content (AvgIpc) is 2.18. The molecule has 1 rings (SSSR count). The van der Waals surface area contributed by atoms with Crippen molar-refractivity contribution in [1.82, 2.24) is 4.98 Å². The first-order valence-electron chi connectivity index (χ1n) is 4.05. The van der Waals surface area contributed by atoms with Crippen LogP contribution in [0.5, 0.6) is 0 Å². The van der Waals surface area contributed by atoms with Crippen LogP contribution >= 0.6 is 11.6 Å². The first kappa shape index (κ1) is 10.7. The molecule has 0 bridgehead atoms. The summed E-state index contributed by atoms with van der Waals surface area (Å²) in [6, 6.07) is 5.17. The Morgan fingerprint density at radius 1 is 1.64 bits per heavy atom. The Morgan fingerprint density at radius 2 is 2.29 bits per heavy atom. The summed E-state index contributed by atoms with van der Waals surface area (Å²) in [6.45, 7) is 3.47. The molecule has 1 aromatic heterocycles. The van der Waals surface area contributed by atoms with Gasteiger partial charge in [-0.2, -0.15) is 5.26 Å². The van der Waals surface area contributed by atoms with Gasteiger partial charge in [0.1, 0.15) is 0 Å². The molecule has 4 heteroatoms. The van der Waals surface area contributed by atoms with Crippen LogP contribution in [0, 0.1) is 11.3 Å². The van der Waals surface area contributed by atoms with Crippen LogP contribution in [0.3, 0.4) is 0 Å². The zero-order chi connectivity index (χ0) is 10.8. The van der Waals surface area contributed by atoms with E-state index < -0.39 is 10.7 Å². The molecule has 0 aliphatic heterocycles. The van der Waals surface area contributed by atoms with Crippen LogP contribution in [-0.4, -0.2) is 10.2 Å². The molecule has 0 aromatic carbocycles. The lowest BCUT2D eigenvalue weighted by Gasteiger charge is -2.14. The van der Waals surface area contributed by atoms with Crippen molar-refractivity contribution >= 4 is 16.8 Å². The lowest BCUT2D eigenvalue weighted by atomic mass is 9.90. The first-order valence-corrected chi connectivity index (χ1v) is 4.43. The van der Waals surface area contributed by atoms with Crippen LogP contribution in [0.15, 0.2) is 18.3 Å². The highest BCUT2D eigenvalue weighted by molar-refractivity contribution is 6.67. The molecular weight excluding hydrogens is 200 g/mol. The molecule has 0 unspecified atom stereocenters. The molecular formula is C10H9ClN2O. The molecule has 14 heavy (non-hydrogen) atoms. The highest BCUT2D eigenvalue weighted by atomic mass is 35.5. The van der Waals surface area contributed by atoms with Crippen LogP contribution in [0.4, 0.5) is 0 Å². The summed E-state index contributed by atoms with van der Waals surface area (Å²) in [6.07, 6.45) is 1.48. The molecule has 72 valence electrons. The summed E-state index contributed by atoms with van der Waals surface area (Å²) in [5.74, 6) is 0. The highest BCUT2D eigenvalue weighted by Gasteiger charge is 2.22. The zero-order valence-electron chi connectivity index (χ0n) is 7.91. The van der Waals surface area contributed by atoms with Gasteiger partial charge in [-0.25, -0.2) is 0 Å². The third-order valence-corrected chi connectivity index (χ3v) is 2.12. The highest BCUT2D eigenvalue weighted by Crippen LogP contribution is 2.20. The second-order valence-electron chi connectivity index (χ2n) is 3.44. The van der Waals surface area contributed by atoms with Gasteiger partial charge in [0.25, 0.3) is 5.24 Å². The van der Waals surface area contributed by atoms with Crippen LogP contribution in [-0.2, 0) is 5.41 Å². The smallest absolute Gasteiger partial charge is 0.252 e. The Balaban J connectivity index is 3.20. The van der Waals surface area contributed by atoms with Gasteiger partial charge in [0.15, 0.2) is 0 Å². The molecule has 0 saturated heterocycles. The molecule has 0 atom stereocenters. The van der Waals surface area contributed by atoms with E-state index in [9.17, 15) is 4.79 Å². The fourth-order valence-electron chi connectivity index (χ4n) is 0.952. The van der Waals surface area contributed by atoms with Crippen molar-refractivity contribution < 1.29 is 4.79 Å². The summed E-state index contributed by atoms with van der Waals surface area (Å²) in [4.78, 5) is 14.9. The number of nitriles is 1. The van der Waals surface area contributed by atoms with E-state index in [2.05, 4.69) is 11.1 Å². The van der Waals surface area contributed by atoms with Gasteiger partial charge in [0.2, 0.25) is 0 Å². The molecule has 1 aromatic rings. The maximum absolute atomic E-state index is 10.9. The fourth-order valence-corrected chi connectivity index (χ4v) is 1.07. The number of hydrogen-bond acceptors (Lipinski definition) is 3. The number of halogens is 1. The Hall–Kier alpha value is -1.40. The summed E-state index contributed by atoms with van der Waals surface area (Å²) in [5, 5.41) is 8.33. The van der Waals surface area contributed by atoms with Gasteiger partial charge >= 0.3 is 0 Å². The third kappa shape index (κ3) is 2.09. The van der Waals surface area contributed by atoms with Gasteiger partial charge in [-0.15, -0.1) is 0 Å². The van der Waals surface area contributed by atoms with Crippen molar-refractivity contribution in [3.63, 3.8) is 0 Å². The topological polar surface area (TPSA) is 53.8 Å². The maximum atomic E-state index is 10.9. The second-order valence-corrected chi connectivity index (χ2v) is 3.78. The number of carbonyl (C=O) groups is 1. The molecule has 1 heterocycles. The van der Waals surface area contributed by atoms with Gasteiger partial charge < -0.3 is 0 Å². The van der Waals surface area contributed by atoms with Gasteiger partial charge in [-0.1, -0.05) is 0 Å². The van der Waals surface area contributed by atoms with Gasteiger partial charge in [0, 0.05) is 11.8 Å². The summed E-state index contributed by atoms with van der Waals surface area (Å²) >= 11 is 5.32. The average molecular weight is 209 g/mol. The number of rotatable bonds is 2. The fraction of sp³-hybridized carbons (Fsp3) is 0.300. The number of nitrogens with zero attached hydrogens (tertiary/aromatic N) is 2. The van der Waals surface area contributed by atoms with Crippen molar-refractivity contribution in [3.05, 3.63) is 29.6 Å². The summed E-state index contributed by atoms with van der Waals surface area (Å²) in [7, 11) is 0. The Labute approximate surface area is 87.3 Å². The lowest BCUT2D eigenvalue weighted by molar-refractivity contribution is 0.108. The Kier molecular flexibility index (Phi) is 2.87. The van der Waals surface area contributed by atoms with Crippen molar-refractivity contribution in [2.45, 2.75) is 19.3 Å². The molecule has 0 N–H and O–H groups in total. The standard InChI is InChI=1S/C10H9ClN2O/c1-10(2,6-12)8-5-7(9(11)14)3-4-13-8/h3-5H,1-2H3. The van der Waals surface area contributed by atoms with E-state index in [4.69, 9.17) is 16.9 Å². The zero-order valence-corrected chi connectivity index (χ0v) is 8.67. The summed E-state index contributed by atoms with van der Waals surface area (Å²) < 4.78 is 0. The minimum Gasteiger partial charge on any atom is -0.276 e. The lowest BCUT2D eigenvalue weighted by Crippen LogP contribution is -2.16. The molecule has 0 spiro atoms. The van der Waals surface area contributed by atoms with E-state index in [1.54, 1.807) is 19.9 Å². The van der Waals surface area contributed by atoms with Crippen LogP contribution < -0.4 is 0 Å². The molecule has 0 radical (unpaired) electrons. The van der Waals surface area contributed by atoms with Crippen molar-refractivity contribution in [3.8, 4) is 6.07 Å². The molecule has 0 aliphatic rings. The normalized spacial score (nSPS) is 10.7. The van der Waals surface area contributed by atoms with Crippen molar-refractivity contribution in [1.29, 1.82) is 5.26 Å². The van der Waals surface area contributed by atoms with E-state index in [0.717, 1.165) is 0 Å². The largest absolute Gasteiger partial charge is 0.276 e. The van der Waals surface area contributed by atoms with E-state index >= 15 is 0 Å². The minimum atomic E-state index is -0.706. The minimum absolute atomic E-state index is 0.361. The molecule has 3 nitrogen and oxygen atoms in total. The molecule has 0 saturated carbocycles. The predicted molar refractivity (Wildman–Crippen MR) is 53.1 cm³/mol. The number of aromatic nitrogens is 1. The summed E-state index contributed by atoms with van der Waals surface area (Å²) in [5.41, 5.74) is 0.203. The molecule has 0 fully saturated rings. The van der Waals surface area contributed by atoms with E-state index in [0.29, 0.717) is 11.3 Å². The van der Waals surface area contributed by atoms with Crippen LogP contribution in [0.1, 0.15) is 29.9 Å². The number of hydrogen-bond donors (Lipinski definition) is 0. The number of carbonyl (C=O) groups excluding carboxylic acids is 1. The van der Waals surface area contributed by atoms with Gasteiger partial charge in [-0.05, 0) is 37.6 Å². The van der Waals surface area contributed by atoms with Crippen molar-refractivity contribution in [2.24, 2.45) is 0 Å². The van der Waals surface area contributed by atoms with Crippen LogP contribution in [0.2, 0.25) is 0 Å². The second kappa shape index (κ2) is 3.77. The first-order chi connectivity index (χ1) is 6.47. The predicted octanol–water partition coefficient (Wildman–Crippen LogP) is 2.26. The van der Waals surface area contributed by atoms with Gasteiger partial charge in [0.05, 0.1) is 17.2 Å². The monoisotopic (exact) mass is 208 g/mol. The van der Waals surface area contributed by atoms with Crippen molar-refractivity contribution in [2.75, 3.05) is 0 Å². The van der Waals surface area contributed by atoms with Crippen LogP contribution in [0.25, 0.3) is 0 Å². The van der Waals surface area contributed by atoms with E-state index in [1.165, 1.54) is 12.3 Å².